The molecule has 0 bridgehead atoms. The molecule has 1 atom stereocenters. The zero-order chi connectivity index (χ0) is 12.1. The van der Waals surface area contributed by atoms with Gasteiger partial charge in [-0.15, -0.1) is 11.6 Å². The summed E-state index contributed by atoms with van der Waals surface area (Å²) < 4.78 is 0. The summed E-state index contributed by atoms with van der Waals surface area (Å²) in [7, 11) is 0. The summed E-state index contributed by atoms with van der Waals surface area (Å²) in [5.74, 6) is -0.229. The first kappa shape index (κ1) is 12.4. The number of carbonyl (C=O) groups excluding carboxylic acids is 1. The highest BCUT2D eigenvalue weighted by molar-refractivity contribution is 6.18. The Morgan fingerprint density at radius 1 is 1.56 bits per heavy atom. The molecule has 0 saturated heterocycles. The van der Waals surface area contributed by atoms with Crippen LogP contribution in [0.5, 0.6) is 0 Å². The number of rotatable bonds is 4. The molecule has 1 aromatic rings. The van der Waals surface area contributed by atoms with Gasteiger partial charge < -0.3 is 5.32 Å². The SMILES string of the molecule is C[C@@H](CCl)NC(=O)c1ccccc1[N+](=O)[O-]. The third-order valence-corrected chi connectivity index (χ3v) is 2.42. The molecule has 1 aromatic carbocycles. The third kappa shape index (κ3) is 2.93. The van der Waals surface area contributed by atoms with E-state index in [1.807, 2.05) is 0 Å². The molecule has 0 aliphatic heterocycles. The molecular formula is C10H11ClN2O3. The molecule has 0 heterocycles. The van der Waals surface area contributed by atoms with Crippen LogP contribution >= 0.6 is 11.6 Å². The van der Waals surface area contributed by atoms with Crippen molar-refractivity contribution < 1.29 is 9.72 Å². The molecule has 5 nitrogen and oxygen atoms in total. The van der Waals surface area contributed by atoms with Gasteiger partial charge in [0.05, 0.1) is 4.92 Å². The quantitative estimate of drug-likeness (QED) is 0.498. The molecule has 0 spiro atoms. The van der Waals surface area contributed by atoms with Crippen LogP contribution in [0.2, 0.25) is 0 Å². The Bertz CT molecular complexity index is 409. The Balaban J connectivity index is 2.95. The van der Waals surface area contributed by atoms with Crippen LogP contribution in [0.1, 0.15) is 17.3 Å². The molecule has 0 fully saturated rings. The van der Waals surface area contributed by atoms with Gasteiger partial charge in [-0.05, 0) is 13.0 Å². The maximum absolute atomic E-state index is 11.7. The van der Waals surface area contributed by atoms with E-state index in [4.69, 9.17) is 11.6 Å². The smallest absolute Gasteiger partial charge is 0.282 e. The number of nitro groups is 1. The summed E-state index contributed by atoms with van der Waals surface area (Å²) in [6.07, 6.45) is 0. The molecule has 0 aromatic heterocycles. The maximum Gasteiger partial charge on any atom is 0.282 e. The van der Waals surface area contributed by atoms with Crippen molar-refractivity contribution in [1.29, 1.82) is 0 Å². The van der Waals surface area contributed by atoms with Crippen molar-refractivity contribution in [3.63, 3.8) is 0 Å². The zero-order valence-corrected chi connectivity index (χ0v) is 9.40. The first-order valence-electron chi connectivity index (χ1n) is 4.66. The molecule has 0 saturated carbocycles. The largest absolute Gasteiger partial charge is 0.348 e. The van der Waals surface area contributed by atoms with Crippen molar-refractivity contribution >= 4 is 23.2 Å². The van der Waals surface area contributed by atoms with E-state index in [0.717, 1.165) is 0 Å². The molecule has 1 amide bonds. The summed E-state index contributed by atoms with van der Waals surface area (Å²) in [4.78, 5) is 21.8. The van der Waals surface area contributed by atoms with Gasteiger partial charge in [-0.3, -0.25) is 14.9 Å². The average Bonchev–Trinajstić information content (AvgIpc) is 2.28. The number of alkyl halides is 1. The molecule has 1 rings (SSSR count). The van der Waals surface area contributed by atoms with Crippen molar-refractivity contribution in [2.24, 2.45) is 0 Å². The van der Waals surface area contributed by atoms with E-state index in [2.05, 4.69) is 5.32 Å². The number of nitrogens with one attached hydrogen (secondary N) is 1. The summed E-state index contributed by atoms with van der Waals surface area (Å²) in [6, 6.07) is 5.57. The van der Waals surface area contributed by atoms with E-state index in [1.54, 1.807) is 13.0 Å². The Kier molecular flexibility index (Phi) is 4.25. The van der Waals surface area contributed by atoms with Crippen LogP contribution in [-0.4, -0.2) is 22.8 Å². The fourth-order valence-electron chi connectivity index (χ4n) is 1.16. The van der Waals surface area contributed by atoms with Gasteiger partial charge in [0.25, 0.3) is 11.6 Å². The van der Waals surface area contributed by atoms with Gasteiger partial charge in [0.15, 0.2) is 0 Å². The number of benzene rings is 1. The van der Waals surface area contributed by atoms with Crippen LogP contribution < -0.4 is 5.32 Å². The minimum Gasteiger partial charge on any atom is -0.348 e. The molecule has 0 aliphatic rings. The number of hydrogen-bond acceptors (Lipinski definition) is 3. The fourth-order valence-corrected chi connectivity index (χ4v) is 1.24. The first-order chi connectivity index (χ1) is 7.56. The van der Waals surface area contributed by atoms with Crippen LogP contribution in [-0.2, 0) is 0 Å². The number of amides is 1. The summed E-state index contributed by atoms with van der Waals surface area (Å²) in [6.45, 7) is 1.72. The minimum atomic E-state index is -0.583. The van der Waals surface area contributed by atoms with Gasteiger partial charge in [0.2, 0.25) is 0 Å². The zero-order valence-electron chi connectivity index (χ0n) is 8.64. The molecule has 0 unspecified atom stereocenters. The number of nitrogens with zero attached hydrogens (tertiary/aromatic N) is 1. The number of para-hydroxylation sites is 1. The Hall–Kier alpha value is -1.62. The van der Waals surface area contributed by atoms with Crippen molar-refractivity contribution in [2.75, 3.05) is 5.88 Å². The summed E-state index contributed by atoms with van der Waals surface area (Å²) in [5.41, 5.74) is -0.161. The van der Waals surface area contributed by atoms with Crippen LogP contribution in [0.4, 0.5) is 5.69 Å². The van der Waals surface area contributed by atoms with Gasteiger partial charge in [-0.1, -0.05) is 12.1 Å². The molecular weight excluding hydrogens is 232 g/mol. The van der Waals surface area contributed by atoms with Crippen molar-refractivity contribution in [1.82, 2.24) is 5.32 Å². The van der Waals surface area contributed by atoms with E-state index in [1.165, 1.54) is 18.2 Å². The van der Waals surface area contributed by atoms with Crippen LogP contribution in [0, 0.1) is 10.1 Å². The minimum absolute atomic E-state index is 0.0458. The van der Waals surface area contributed by atoms with E-state index < -0.39 is 10.8 Å². The van der Waals surface area contributed by atoms with E-state index >= 15 is 0 Å². The van der Waals surface area contributed by atoms with Gasteiger partial charge in [0, 0.05) is 18.0 Å². The predicted octanol–water partition coefficient (Wildman–Crippen LogP) is 1.95. The van der Waals surface area contributed by atoms with Crippen LogP contribution in [0.25, 0.3) is 0 Å². The monoisotopic (exact) mass is 242 g/mol. The lowest BCUT2D eigenvalue weighted by molar-refractivity contribution is -0.385. The van der Waals surface area contributed by atoms with Gasteiger partial charge in [-0.25, -0.2) is 0 Å². The average molecular weight is 243 g/mol. The predicted molar refractivity (Wildman–Crippen MR) is 60.7 cm³/mol. The lowest BCUT2D eigenvalue weighted by Crippen LogP contribution is -2.34. The highest BCUT2D eigenvalue weighted by Gasteiger charge is 2.19. The van der Waals surface area contributed by atoms with E-state index in [0.29, 0.717) is 0 Å². The number of hydrogen-bond donors (Lipinski definition) is 1. The summed E-state index contributed by atoms with van der Waals surface area (Å²) in [5, 5.41) is 13.2. The topological polar surface area (TPSA) is 72.2 Å². The molecule has 86 valence electrons. The standard InChI is InChI=1S/C10H11ClN2O3/c1-7(6-11)12-10(14)8-4-2-3-5-9(8)13(15)16/h2-5,7H,6H2,1H3,(H,12,14)/t7-/m0/s1. The normalized spacial score (nSPS) is 11.9. The highest BCUT2D eigenvalue weighted by atomic mass is 35.5. The first-order valence-corrected chi connectivity index (χ1v) is 5.20. The van der Waals surface area contributed by atoms with Crippen LogP contribution in [0.15, 0.2) is 24.3 Å². The lowest BCUT2D eigenvalue weighted by Gasteiger charge is -2.10. The second-order valence-electron chi connectivity index (χ2n) is 3.30. The third-order valence-electron chi connectivity index (χ3n) is 1.95. The highest BCUT2D eigenvalue weighted by Crippen LogP contribution is 2.17. The van der Waals surface area contributed by atoms with E-state index in [9.17, 15) is 14.9 Å². The van der Waals surface area contributed by atoms with Gasteiger partial charge in [0.1, 0.15) is 5.56 Å². The van der Waals surface area contributed by atoms with Gasteiger partial charge >= 0.3 is 0 Å². The second-order valence-corrected chi connectivity index (χ2v) is 3.61. The summed E-state index contributed by atoms with van der Waals surface area (Å²) >= 11 is 5.54. The van der Waals surface area contributed by atoms with Crippen molar-refractivity contribution in [3.05, 3.63) is 39.9 Å². The van der Waals surface area contributed by atoms with Gasteiger partial charge in [-0.2, -0.15) is 0 Å². The number of halogens is 1. The molecule has 6 heteroatoms. The van der Waals surface area contributed by atoms with Crippen molar-refractivity contribution in [3.8, 4) is 0 Å². The molecule has 0 radical (unpaired) electrons. The Morgan fingerprint density at radius 3 is 2.75 bits per heavy atom. The Labute approximate surface area is 97.6 Å². The maximum atomic E-state index is 11.7. The molecule has 16 heavy (non-hydrogen) atoms. The fraction of sp³-hybridized carbons (Fsp3) is 0.300. The molecule has 0 aliphatic carbocycles. The number of carbonyl (C=O) groups is 1. The second kappa shape index (κ2) is 5.46. The van der Waals surface area contributed by atoms with Crippen LogP contribution in [0.3, 0.4) is 0 Å². The van der Waals surface area contributed by atoms with Crippen molar-refractivity contribution in [2.45, 2.75) is 13.0 Å². The molecule has 1 N–H and O–H groups in total. The lowest BCUT2D eigenvalue weighted by atomic mass is 10.1. The Morgan fingerprint density at radius 2 is 2.19 bits per heavy atom. The van der Waals surface area contributed by atoms with E-state index in [-0.39, 0.29) is 23.2 Å². The number of nitro benzene ring substituents is 1.